The molecule has 3 nitrogen and oxygen atoms in total. The Morgan fingerprint density at radius 2 is 1.17 bits per heavy atom. The molecule has 0 amide bonds. The fourth-order valence-corrected chi connectivity index (χ4v) is 0. The molecule has 0 heterocycles. The van der Waals surface area contributed by atoms with Crippen LogP contribution in [-0.4, -0.2) is 14.5 Å². The third-order valence-corrected chi connectivity index (χ3v) is 0. The van der Waals surface area contributed by atoms with E-state index in [9.17, 15) is 0 Å². The van der Waals surface area contributed by atoms with E-state index >= 15 is 0 Å². The Labute approximate surface area is 60.8 Å². The van der Waals surface area contributed by atoms with Crippen molar-refractivity contribution in [3.63, 3.8) is 0 Å². The minimum atomic E-state index is -3.79. The van der Waals surface area contributed by atoms with E-state index in [-0.39, 0.29) is 34.1 Å². The van der Waals surface area contributed by atoms with Crippen molar-refractivity contribution in [2.24, 2.45) is 0 Å². The smallest absolute Gasteiger partial charge is 1.00 e. The Balaban J connectivity index is -0.0000000450. The van der Waals surface area contributed by atoms with Crippen molar-refractivity contribution in [2.45, 2.75) is 0 Å². The van der Waals surface area contributed by atoms with Gasteiger partial charge in [0.15, 0.2) is 0 Å². The molecular formula is Cu2O3Se. The summed E-state index contributed by atoms with van der Waals surface area (Å²) >= 11 is -3.79. The van der Waals surface area contributed by atoms with Crippen LogP contribution in [0.4, 0.5) is 0 Å². The Hall–Kier alpha value is 1.28. The largest absolute Gasteiger partial charge is 1.00 e. The van der Waals surface area contributed by atoms with Gasteiger partial charge in [-0.25, -0.2) is 0 Å². The maximum absolute atomic E-state index is 8.54. The summed E-state index contributed by atoms with van der Waals surface area (Å²) in [6.07, 6.45) is 0. The van der Waals surface area contributed by atoms with Crippen molar-refractivity contribution in [1.82, 2.24) is 0 Å². The molecule has 0 aromatic heterocycles. The first kappa shape index (κ1) is 15.7. The molecule has 0 saturated carbocycles. The fraction of sp³-hybridized carbons (Fsp3) is 0. The van der Waals surface area contributed by atoms with Gasteiger partial charge in [-0.2, -0.15) is 0 Å². The van der Waals surface area contributed by atoms with Crippen LogP contribution in [0.25, 0.3) is 0 Å². The van der Waals surface area contributed by atoms with Gasteiger partial charge in [0.25, 0.3) is 0 Å². The summed E-state index contributed by atoms with van der Waals surface area (Å²) in [4.78, 5) is 0. The summed E-state index contributed by atoms with van der Waals surface area (Å²) < 4.78 is 25.6. The Bertz CT molecular complexity index is 31.8. The zero-order chi connectivity index (χ0) is 3.58. The molecule has 0 unspecified atom stereocenters. The van der Waals surface area contributed by atoms with Gasteiger partial charge in [-0.15, -0.1) is 0 Å². The van der Waals surface area contributed by atoms with Crippen LogP contribution in [0.3, 0.4) is 0 Å². The van der Waals surface area contributed by atoms with E-state index in [0.717, 1.165) is 0 Å². The van der Waals surface area contributed by atoms with Gasteiger partial charge in [-0.05, 0) is 0 Å². The van der Waals surface area contributed by atoms with E-state index in [0.29, 0.717) is 0 Å². The van der Waals surface area contributed by atoms with E-state index in [2.05, 4.69) is 0 Å². The molecular weight excluding hydrogens is 254 g/mol. The monoisotopic (exact) mass is 254 g/mol. The molecule has 0 atom stereocenters. The summed E-state index contributed by atoms with van der Waals surface area (Å²) in [5.74, 6) is 0. The van der Waals surface area contributed by atoms with Crippen LogP contribution in [0, 0.1) is 0 Å². The molecule has 0 aliphatic heterocycles. The summed E-state index contributed by atoms with van der Waals surface area (Å²) in [6, 6.07) is 0. The molecule has 0 aromatic rings. The Morgan fingerprint density at radius 3 is 1.17 bits per heavy atom. The summed E-state index contributed by atoms with van der Waals surface area (Å²) in [6.45, 7) is 0. The van der Waals surface area contributed by atoms with Crippen molar-refractivity contribution in [3.05, 3.63) is 0 Å². The van der Waals surface area contributed by atoms with Crippen LogP contribution in [0.15, 0.2) is 0 Å². The van der Waals surface area contributed by atoms with E-state index in [1.165, 1.54) is 0 Å². The second-order valence-electron chi connectivity index (χ2n) is 0.204. The maximum atomic E-state index is 8.54. The van der Waals surface area contributed by atoms with Crippen LogP contribution < -0.4 is 8.38 Å². The molecule has 0 rings (SSSR count). The second-order valence-corrected chi connectivity index (χ2v) is 1.06. The fourth-order valence-electron chi connectivity index (χ4n) is 0. The quantitative estimate of drug-likeness (QED) is 0.436. The van der Waals surface area contributed by atoms with Crippen LogP contribution >= 0.6 is 0 Å². The van der Waals surface area contributed by atoms with Crippen LogP contribution in [0.1, 0.15) is 0 Å². The zero-order valence-electron chi connectivity index (χ0n) is 2.24. The Morgan fingerprint density at radius 1 is 1.17 bits per heavy atom. The standard InChI is InChI=1S/2Cu.H2O3Se/c;;1-4(2)3/h;;(H2,1,2,3)/q2*+1;/p-2. The van der Waals surface area contributed by atoms with Crippen molar-refractivity contribution < 1.29 is 46.3 Å². The Kier molecular flexibility index (Phi) is 25.0. The molecule has 0 aliphatic carbocycles. The normalized spacial score (nSPS) is 5.83. The van der Waals surface area contributed by atoms with E-state index < -0.39 is 14.5 Å². The van der Waals surface area contributed by atoms with Crippen LogP contribution in [0.5, 0.6) is 0 Å². The SMILES string of the molecule is O=[Se]([O-])[O-].[Cu+].[Cu+]. The average molecular weight is 254 g/mol. The molecule has 0 bridgehead atoms. The van der Waals surface area contributed by atoms with E-state index in [1.54, 1.807) is 0 Å². The third-order valence-electron chi connectivity index (χ3n) is 0. The first-order chi connectivity index (χ1) is 1.73. The molecule has 0 radical (unpaired) electrons. The summed E-state index contributed by atoms with van der Waals surface area (Å²) in [5.41, 5.74) is 0. The number of hydrogen-bond donors (Lipinski definition) is 0. The predicted molar refractivity (Wildman–Crippen MR) is 6.44 cm³/mol. The van der Waals surface area contributed by atoms with Crippen molar-refractivity contribution in [1.29, 1.82) is 0 Å². The van der Waals surface area contributed by atoms with E-state index in [1.807, 2.05) is 0 Å². The van der Waals surface area contributed by atoms with Gasteiger partial charge in [0.2, 0.25) is 0 Å². The molecule has 0 spiro atoms. The first-order valence-corrected chi connectivity index (χ1v) is 2.60. The van der Waals surface area contributed by atoms with Gasteiger partial charge < -0.3 is 0 Å². The van der Waals surface area contributed by atoms with Gasteiger partial charge in [0, 0.05) is 0 Å². The van der Waals surface area contributed by atoms with E-state index in [4.69, 9.17) is 12.2 Å². The number of rotatable bonds is 0. The third kappa shape index (κ3) is 59.1. The van der Waals surface area contributed by atoms with Gasteiger partial charge in [0.1, 0.15) is 0 Å². The molecule has 0 aromatic carbocycles. The zero-order valence-corrected chi connectivity index (χ0v) is 5.83. The minimum absolute atomic E-state index is 0. The van der Waals surface area contributed by atoms with Gasteiger partial charge >= 0.3 is 60.8 Å². The molecule has 0 N–H and O–H groups in total. The van der Waals surface area contributed by atoms with Crippen molar-refractivity contribution in [2.75, 3.05) is 0 Å². The van der Waals surface area contributed by atoms with Gasteiger partial charge in [-0.1, -0.05) is 0 Å². The summed E-state index contributed by atoms with van der Waals surface area (Å²) in [5, 5.41) is 0. The van der Waals surface area contributed by atoms with Gasteiger partial charge in [0.05, 0.1) is 0 Å². The topological polar surface area (TPSA) is 63.2 Å². The average Bonchev–Trinajstić information content (AvgIpc) is 0.811. The molecule has 6 heavy (non-hydrogen) atoms. The molecule has 6 heteroatoms. The second kappa shape index (κ2) is 9.56. The summed E-state index contributed by atoms with van der Waals surface area (Å²) in [7, 11) is 0. The first-order valence-electron chi connectivity index (χ1n) is 0.500. The molecule has 0 aliphatic rings. The minimum Gasteiger partial charge on any atom is 1.00 e. The number of hydrogen-bond acceptors (Lipinski definition) is 3. The van der Waals surface area contributed by atoms with Crippen molar-refractivity contribution >= 4 is 14.5 Å². The van der Waals surface area contributed by atoms with Gasteiger partial charge in [-0.3, -0.25) is 0 Å². The maximum Gasteiger partial charge on any atom is 1.00 e. The predicted octanol–water partition coefficient (Wildman–Crippen LogP) is -2.88. The molecule has 0 fully saturated rings. The van der Waals surface area contributed by atoms with Crippen LogP contribution in [-0.2, 0) is 38.0 Å². The van der Waals surface area contributed by atoms with Crippen molar-refractivity contribution in [3.8, 4) is 0 Å². The van der Waals surface area contributed by atoms with Crippen LogP contribution in [0.2, 0.25) is 0 Å². The molecule has 46 valence electrons. The molecule has 0 saturated heterocycles.